The topological polar surface area (TPSA) is 51.1 Å². The van der Waals surface area contributed by atoms with Crippen molar-refractivity contribution in [3.63, 3.8) is 0 Å². The molecule has 0 spiro atoms. The predicted molar refractivity (Wildman–Crippen MR) is 121 cm³/mol. The summed E-state index contributed by atoms with van der Waals surface area (Å²) in [5.74, 6) is -0.460. The molecular formula is C25H21F3N2O2S. The summed E-state index contributed by atoms with van der Waals surface area (Å²) in [4.78, 5) is 26.7. The van der Waals surface area contributed by atoms with Crippen molar-refractivity contribution in [2.24, 2.45) is 0 Å². The Balaban J connectivity index is 1.77. The number of carbonyl (C=O) groups is 1. The molecule has 2 aliphatic rings. The van der Waals surface area contributed by atoms with Gasteiger partial charge in [0.15, 0.2) is 5.43 Å². The molecular weight excluding hydrogens is 449 g/mol. The van der Waals surface area contributed by atoms with Crippen LogP contribution in [0.4, 0.5) is 13.2 Å². The molecule has 1 unspecified atom stereocenters. The standard InChI is InChI=1S/C25H21F3N2O2S/c1-14-11-20(31)23(24(32)29-17-8-9-17)19-13-22(15-5-3-2-4-6-15)33-21-10-7-16(25(26,27)28)12-18(21)30(14)19/h2-7,10-12,17,22H,8-9,13H2,1H3,(H,29,32). The van der Waals surface area contributed by atoms with E-state index in [1.54, 1.807) is 11.5 Å². The zero-order chi connectivity index (χ0) is 23.3. The van der Waals surface area contributed by atoms with Crippen molar-refractivity contribution in [3.8, 4) is 5.69 Å². The average Bonchev–Trinajstić information content (AvgIpc) is 3.58. The van der Waals surface area contributed by atoms with Gasteiger partial charge >= 0.3 is 6.18 Å². The fourth-order valence-corrected chi connectivity index (χ4v) is 5.50. The van der Waals surface area contributed by atoms with E-state index in [1.165, 1.54) is 23.9 Å². The van der Waals surface area contributed by atoms with Crippen molar-refractivity contribution in [3.05, 3.63) is 92.9 Å². The third kappa shape index (κ3) is 4.19. The highest BCUT2D eigenvalue weighted by atomic mass is 32.2. The number of aryl methyl sites for hydroxylation is 1. The number of nitrogens with zero attached hydrogens (tertiary/aromatic N) is 1. The van der Waals surface area contributed by atoms with Gasteiger partial charge in [-0.25, -0.2) is 0 Å². The minimum absolute atomic E-state index is 0.0132. The normalized spacial score (nSPS) is 17.6. The van der Waals surface area contributed by atoms with Crippen molar-refractivity contribution in [2.45, 2.75) is 48.5 Å². The number of pyridine rings is 1. The highest BCUT2D eigenvalue weighted by Gasteiger charge is 2.35. The van der Waals surface area contributed by atoms with Crippen molar-refractivity contribution in [2.75, 3.05) is 0 Å². The molecule has 0 bridgehead atoms. The second-order valence-corrected chi connectivity index (χ2v) is 9.70. The van der Waals surface area contributed by atoms with Gasteiger partial charge in [-0.15, -0.1) is 11.8 Å². The Bertz CT molecular complexity index is 1300. The van der Waals surface area contributed by atoms with Crippen LogP contribution in [0.1, 0.15) is 51.0 Å². The molecule has 5 rings (SSSR count). The van der Waals surface area contributed by atoms with Crippen LogP contribution in [0.2, 0.25) is 0 Å². The molecule has 4 nitrogen and oxygen atoms in total. The molecule has 1 atom stereocenters. The molecule has 1 aromatic heterocycles. The van der Waals surface area contributed by atoms with Crippen molar-refractivity contribution < 1.29 is 18.0 Å². The van der Waals surface area contributed by atoms with Crippen LogP contribution in [0.25, 0.3) is 5.69 Å². The largest absolute Gasteiger partial charge is 0.416 e. The molecule has 2 heterocycles. The van der Waals surface area contributed by atoms with Gasteiger partial charge in [-0.2, -0.15) is 13.2 Å². The molecule has 3 aromatic rings. The average molecular weight is 471 g/mol. The Kier molecular flexibility index (Phi) is 5.35. The summed E-state index contributed by atoms with van der Waals surface area (Å²) in [6, 6.07) is 14.7. The lowest BCUT2D eigenvalue weighted by atomic mass is 10.0. The maximum Gasteiger partial charge on any atom is 0.416 e. The first-order valence-electron chi connectivity index (χ1n) is 10.7. The van der Waals surface area contributed by atoms with Crippen molar-refractivity contribution in [1.82, 2.24) is 9.88 Å². The van der Waals surface area contributed by atoms with Crippen LogP contribution in [-0.4, -0.2) is 16.5 Å². The molecule has 1 fully saturated rings. The summed E-state index contributed by atoms with van der Waals surface area (Å²) in [6.07, 6.45) is -2.46. The van der Waals surface area contributed by atoms with Crippen LogP contribution in [0.3, 0.4) is 0 Å². The number of fused-ring (bicyclic) bond motifs is 3. The summed E-state index contributed by atoms with van der Waals surface area (Å²) < 4.78 is 42.4. The number of alkyl halides is 3. The fourth-order valence-electron chi connectivity index (χ4n) is 4.24. The summed E-state index contributed by atoms with van der Waals surface area (Å²) >= 11 is 1.45. The van der Waals surface area contributed by atoms with Gasteiger partial charge in [-0.1, -0.05) is 30.3 Å². The molecule has 1 aliphatic carbocycles. The van der Waals surface area contributed by atoms with Crippen LogP contribution in [0.15, 0.2) is 64.3 Å². The Morgan fingerprint density at radius 3 is 2.48 bits per heavy atom. The molecule has 0 radical (unpaired) electrons. The van der Waals surface area contributed by atoms with Gasteiger partial charge in [0.25, 0.3) is 5.91 Å². The van der Waals surface area contributed by atoms with Gasteiger partial charge in [0.05, 0.1) is 11.3 Å². The van der Waals surface area contributed by atoms with E-state index in [0.717, 1.165) is 30.5 Å². The van der Waals surface area contributed by atoms with Gasteiger partial charge in [0, 0.05) is 40.1 Å². The van der Waals surface area contributed by atoms with E-state index >= 15 is 0 Å². The number of aromatic nitrogens is 1. The maximum absolute atomic E-state index is 13.6. The highest BCUT2D eigenvalue weighted by Crippen LogP contribution is 2.45. The molecule has 0 saturated heterocycles. The lowest BCUT2D eigenvalue weighted by Gasteiger charge is -2.20. The van der Waals surface area contributed by atoms with E-state index in [1.807, 2.05) is 30.3 Å². The second-order valence-electron chi connectivity index (χ2n) is 8.46. The fraction of sp³-hybridized carbons (Fsp3) is 0.280. The Morgan fingerprint density at radius 2 is 1.82 bits per heavy atom. The molecule has 1 aliphatic heterocycles. The number of carbonyl (C=O) groups excluding carboxylic acids is 1. The Morgan fingerprint density at radius 1 is 1.09 bits per heavy atom. The number of hydrogen-bond donors (Lipinski definition) is 1. The van der Waals surface area contributed by atoms with Gasteiger partial charge in [-0.3, -0.25) is 9.59 Å². The van der Waals surface area contributed by atoms with Crippen molar-refractivity contribution >= 4 is 17.7 Å². The van der Waals surface area contributed by atoms with E-state index in [0.29, 0.717) is 28.4 Å². The summed E-state index contributed by atoms with van der Waals surface area (Å²) in [5, 5.41) is 2.70. The number of halogens is 3. The molecule has 8 heteroatoms. The third-order valence-electron chi connectivity index (χ3n) is 5.98. The molecule has 2 aromatic carbocycles. The molecule has 33 heavy (non-hydrogen) atoms. The lowest BCUT2D eigenvalue weighted by molar-refractivity contribution is -0.137. The zero-order valence-electron chi connectivity index (χ0n) is 17.8. The van der Waals surface area contributed by atoms with Gasteiger partial charge in [0.1, 0.15) is 5.56 Å². The SMILES string of the molecule is Cc1cc(=O)c(C(=O)NC2CC2)c2n1-c1cc(C(F)(F)F)ccc1SC(c1ccccc1)C2. The van der Waals surface area contributed by atoms with Crippen LogP contribution in [0.5, 0.6) is 0 Å². The van der Waals surface area contributed by atoms with E-state index < -0.39 is 23.1 Å². The molecule has 1 N–H and O–H groups in total. The van der Waals surface area contributed by atoms with Crippen LogP contribution in [-0.2, 0) is 12.6 Å². The van der Waals surface area contributed by atoms with Crippen LogP contribution < -0.4 is 10.7 Å². The molecule has 170 valence electrons. The smallest absolute Gasteiger partial charge is 0.349 e. The Hall–Kier alpha value is -3.00. The number of amides is 1. The van der Waals surface area contributed by atoms with E-state index in [-0.39, 0.29) is 16.9 Å². The van der Waals surface area contributed by atoms with E-state index in [9.17, 15) is 22.8 Å². The maximum atomic E-state index is 13.6. The molecule has 1 amide bonds. The number of rotatable bonds is 3. The minimum atomic E-state index is -4.51. The predicted octanol–water partition coefficient (Wildman–Crippen LogP) is 5.45. The Labute approximate surface area is 192 Å². The minimum Gasteiger partial charge on any atom is -0.349 e. The summed E-state index contributed by atoms with van der Waals surface area (Å²) in [6.45, 7) is 1.69. The second kappa shape index (κ2) is 8.09. The number of nitrogens with one attached hydrogen (secondary N) is 1. The van der Waals surface area contributed by atoms with Gasteiger partial charge in [-0.05, 0) is 43.5 Å². The first kappa shape index (κ1) is 21.8. The first-order valence-corrected chi connectivity index (χ1v) is 11.6. The molecule has 1 saturated carbocycles. The number of hydrogen-bond acceptors (Lipinski definition) is 3. The monoisotopic (exact) mass is 470 g/mol. The third-order valence-corrected chi connectivity index (χ3v) is 7.31. The van der Waals surface area contributed by atoms with Crippen LogP contribution in [0, 0.1) is 6.92 Å². The summed E-state index contributed by atoms with van der Waals surface area (Å²) in [7, 11) is 0. The number of benzene rings is 2. The number of thioether (sulfide) groups is 1. The van der Waals surface area contributed by atoms with Gasteiger partial charge < -0.3 is 9.88 Å². The van der Waals surface area contributed by atoms with Crippen molar-refractivity contribution in [1.29, 1.82) is 0 Å². The van der Waals surface area contributed by atoms with Crippen LogP contribution >= 0.6 is 11.8 Å². The lowest BCUT2D eigenvalue weighted by Crippen LogP contribution is -2.33. The van der Waals surface area contributed by atoms with E-state index in [2.05, 4.69) is 5.32 Å². The van der Waals surface area contributed by atoms with E-state index in [4.69, 9.17) is 0 Å². The first-order chi connectivity index (χ1) is 15.7. The zero-order valence-corrected chi connectivity index (χ0v) is 18.6. The highest BCUT2D eigenvalue weighted by molar-refractivity contribution is 7.99. The summed E-state index contributed by atoms with van der Waals surface area (Å²) in [5.41, 5.74) is 1.08. The quantitative estimate of drug-likeness (QED) is 0.554. The van der Waals surface area contributed by atoms with Gasteiger partial charge in [0.2, 0.25) is 0 Å².